The fourth-order valence-electron chi connectivity index (χ4n) is 5.10. The van der Waals surface area contributed by atoms with E-state index in [0.717, 1.165) is 12.1 Å². The average molecular weight is 564 g/mol. The molecule has 3 heterocycles. The molecule has 2 atom stereocenters. The number of alkyl halides is 6. The van der Waals surface area contributed by atoms with E-state index in [1.165, 1.54) is 30.5 Å². The standard InChI is InChI=1S/C28H27F6N5O/c1-16-13-39(14-17(2)40-16)15-24-37-23-12-18(25-22(28(32,33)34)4-3-11-35-25)5-10-21(23)26(38-24)36-20-8-6-19(7-9-20)27(29,30)31/h3-6,8,10-12,16-17H,7,9,13-15H2,1-2H3,(H,36,37,38)/t16-,17+. The summed E-state index contributed by atoms with van der Waals surface area (Å²) in [5.74, 6) is 0.793. The molecule has 2 aliphatic rings. The molecule has 1 N–H and O–H groups in total. The molecular formula is C28H27F6N5O. The molecule has 0 spiro atoms. The number of fused-ring (bicyclic) bond motifs is 1. The Morgan fingerprint density at radius 3 is 2.35 bits per heavy atom. The number of nitrogens with zero attached hydrogens (tertiary/aromatic N) is 4. The van der Waals surface area contributed by atoms with Crippen molar-refractivity contribution in [3.63, 3.8) is 0 Å². The van der Waals surface area contributed by atoms with E-state index >= 15 is 0 Å². The first-order chi connectivity index (χ1) is 18.9. The largest absolute Gasteiger partial charge is 0.418 e. The summed E-state index contributed by atoms with van der Waals surface area (Å²) in [5, 5.41) is 3.67. The number of ether oxygens (including phenoxy) is 1. The number of halogens is 6. The molecule has 2 aromatic heterocycles. The van der Waals surface area contributed by atoms with Gasteiger partial charge in [0.25, 0.3) is 0 Å². The number of hydrogen-bond acceptors (Lipinski definition) is 6. The number of rotatable bonds is 5. The van der Waals surface area contributed by atoms with E-state index in [1.54, 1.807) is 6.07 Å². The van der Waals surface area contributed by atoms with Crippen LogP contribution in [0.5, 0.6) is 0 Å². The van der Waals surface area contributed by atoms with E-state index in [9.17, 15) is 26.3 Å². The number of pyridine rings is 1. The Balaban J connectivity index is 1.56. The molecule has 40 heavy (non-hydrogen) atoms. The van der Waals surface area contributed by atoms with Crippen molar-refractivity contribution < 1.29 is 31.1 Å². The van der Waals surface area contributed by atoms with Crippen molar-refractivity contribution in [1.82, 2.24) is 19.9 Å². The van der Waals surface area contributed by atoms with Crippen LogP contribution in [0.3, 0.4) is 0 Å². The molecule has 0 bridgehead atoms. The maximum absolute atomic E-state index is 13.7. The lowest BCUT2D eigenvalue weighted by molar-refractivity contribution is -0.137. The average Bonchev–Trinajstić information content (AvgIpc) is 2.87. The number of morpholine rings is 1. The van der Waals surface area contributed by atoms with Gasteiger partial charge >= 0.3 is 12.4 Å². The van der Waals surface area contributed by atoms with E-state index < -0.39 is 23.5 Å². The first kappa shape index (κ1) is 28.0. The van der Waals surface area contributed by atoms with Gasteiger partial charge < -0.3 is 10.1 Å². The Kier molecular flexibility index (Phi) is 7.58. The van der Waals surface area contributed by atoms with Crippen molar-refractivity contribution >= 4 is 16.7 Å². The minimum Gasteiger partial charge on any atom is -0.373 e. The summed E-state index contributed by atoms with van der Waals surface area (Å²) in [6.45, 7) is 5.59. The van der Waals surface area contributed by atoms with Crippen LogP contribution in [0.4, 0.5) is 32.2 Å². The second kappa shape index (κ2) is 10.8. The first-order valence-corrected chi connectivity index (χ1v) is 12.8. The zero-order valence-corrected chi connectivity index (χ0v) is 21.8. The Bertz CT molecular complexity index is 1460. The molecule has 0 saturated carbocycles. The van der Waals surface area contributed by atoms with Gasteiger partial charge in [0.1, 0.15) is 11.6 Å². The molecule has 5 rings (SSSR count). The van der Waals surface area contributed by atoms with Gasteiger partial charge in [0.05, 0.1) is 35.5 Å². The lowest BCUT2D eigenvalue weighted by atomic mass is 10.0. The highest BCUT2D eigenvalue weighted by Crippen LogP contribution is 2.37. The molecule has 0 unspecified atom stereocenters. The Morgan fingerprint density at radius 1 is 0.950 bits per heavy atom. The highest BCUT2D eigenvalue weighted by Gasteiger charge is 2.35. The smallest absolute Gasteiger partial charge is 0.373 e. The number of benzene rings is 1. The summed E-state index contributed by atoms with van der Waals surface area (Å²) in [6.07, 6.45) is -5.31. The van der Waals surface area contributed by atoms with Crippen molar-refractivity contribution in [2.45, 2.75) is 57.8 Å². The predicted molar refractivity (Wildman–Crippen MR) is 138 cm³/mol. The van der Waals surface area contributed by atoms with Crippen LogP contribution >= 0.6 is 0 Å². The Morgan fingerprint density at radius 2 is 1.70 bits per heavy atom. The second-order valence-electron chi connectivity index (χ2n) is 10.1. The van der Waals surface area contributed by atoms with Crippen LogP contribution in [0.1, 0.15) is 38.1 Å². The minimum atomic E-state index is -4.60. The Labute approximate surface area is 226 Å². The van der Waals surface area contributed by atoms with Crippen LogP contribution in [-0.4, -0.2) is 51.3 Å². The normalized spacial score (nSPS) is 20.8. The lowest BCUT2D eigenvalue weighted by Gasteiger charge is -2.34. The molecule has 1 fully saturated rings. The van der Waals surface area contributed by atoms with Gasteiger partial charge in [0.2, 0.25) is 0 Å². The monoisotopic (exact) mass is 563 g/mol. The number of hydrogen-bond donors (Lipinski definition) is 1. The minimum absolute atomic E-state index is 0.000332. The molecule has 1 aromatic carbocycles. The first-order valence-electron chi connectivity index (χ1n) is 12.8. The van der Waals surface area contributed by atoms with E-state index in [2.05, 4.69) is 25.2 Å². The molecule has 1 aliphatic carbocycles. The topological polar surface area (TPSA) is 63.2 Å². The summed E-state index contributed by atoms with van der Waals surface area (Å²) < 4.78 is 86.1. The molecule has 0 radical (unpaired) electrons. The van der Waals surface area contributed by atoms with Crippen molar-refractivity contribution in [2.24, 2.45) is 0 Å². The van der Waals surface area contributed by atoms with Gasteiger partial charge in [-0.05, 0) is 57.0 Å². The van der Waals surface area contributed by atoms with Crippen LogP contribution in [0.25, 0.3) is 22.2 Å². The van der Waals surface area contributed by atoms with Crippen molar-refractivity contribution in [2.75, 3.05) is 18.4 Å². The second-order valence-corrected chi connectivity index (χ2v) is 10.1. The molecule has 1 saturated heterocycles. The lowest BCUT2D eigenvalue weighted by Crippen LogP contribution is -2.45. The van der Waals surface area contributed by atoms with Crippen molar-refractivity contribution in [1.29, 1.82) is 0 Å². The van der Waals surface area contributed by atoms with Crippen LogP contribution < -0.4 is 5.32 Å². The molecule has 3 aromatic rings. The van der Waals surface area contributed by atoms with Gasteiger partial charge in [-0.1, -0.05) is 12.1 Å². The summed E-state index contributed by atoms with van der Waals surface area (Å²) in [6, 6.07) is 6.85. The maximum Gasteiger partial charge on any atom is 0.418 e. The summed E-state index contributed by atoms with van der Waals surface area (Å²) in [4.78, 5) is 15.5. The van der Waals surface area contributed by atoms with Gasteiger partial charge in [-0.15, -0.1) is 0 Å². The van der Waals surface area contributed by atoms with E-state index in [-0.39, 0.29) is 36.3 Å². The molecule has 6 nitrogen and oxygen atoms in total. The quantitative estimate of drug-likeness (QED) is 0.341. The molecular weight excluding hydrogens is 536 g/mol. The van der Waals surface area contributed by atoms with Crippen LogP contribution in [-0.2, 0) is 17.5 Å². The van der Waals surface area contributed by atoms with Gasteiger partial charge in [-0.25, -0.2) is 9.97 Å². The molecule has 0 amide bonds. The van der Waals surface area contributed by atoms with Gasteiger partial charge in [-0.2, -0.15) is 26.3 Å². The van der Waals surface area contributed by atoms with Crippen molar-refractivity contribution in [3.8, 4) is 11.3 Å². The zero-order chi connectivity index (χ0) is 28.7. The van der Waals surface area contributed by atoms with Crippen LogP contribution in [0, 0.1) is 0 Å². The third-order valence-corrected chi connectivity index (χ3v) is 6.78. The summed E-state index contributed by atoms with van der Waals surface area (Å²) in [7, 11) is 0. The number of anilines is 1. The highest BCUT2D eigenvalue weighted by atomic mass is 19.4. The van der Waals surface area contributed by atoms with Gasteiger partial charge in [0, 0.05) is 41.5 Å². The van der Waals surface area contributed by atoms with Crippen LogP contribution in [0.15, 0.2) is 60.0 Å². The number of nitrogens with one attached hydrogen (secondary N) is 1. The predicted octanol–water partition coefficient (Wildman–Crippen LogP) is 6.90. The molecule has 1 aliphatic heterocycles. The fraction of sp³-hybridized carbons (Fsp3) is 0.393. The third-order valence-electron chi connectivity index (χ3n) is 6.78. The summed E-state index contributed by atoms with van der Waals surface area (Å²) >= 11 is 0. The highest BCUT2D eigenvalue weighted by molar-refractivity contribution is 5.92. The van der Waals surface area contributed by atoms with E-state index in [4.69, 9.17) is 4.74 Å². The van der Waals surface area contributed by atoms with Crippen molar-refractivity contribution in [3.05, 3.63) is 71.3 Å². The Hall–Kier alpha value is -3.51. The number of allylic oxidation sites excluding steroid dienone is 4. The number of aromatic nitrogens is 3. The zero-order valence-electron chi connectivity index (χ0n) is 21.8. The van der Waals surface area contributed by atoms with E-state index in [1.807, 2.05) is 13.8 Å². The van der Waals surface area contributed by atoms with Crippen LogP contribution in [0.2, 0.25) is 0 Å². The summed E-state index contributed by atoms with van der Waals surface area (Å²) in [5.41, 5.74) is -0.525. The fourth-order valence-corrected chi connectivity index (χ4v) is 5.10. The molecule has 12 heteroatoms. The van der Waals surface area contributed by atoms with E-state index in [0.29, 0.717) is 47.9 Å². The van der Waals surface area contributed by atoms with Gasteiger partial charge in [0.15, 0.2) is 0 Å². The molecule has 212 valence electrons. The van der Waals surface area contributed by atoms with Gasteiger partial charge in [-0.3, -0.25) is 9.88 Å². The maximum atomic E-state index is 13.7. The third kappa shape index (κ3) is 6.28. The SMILES string of the molecule is C[C@@H]1CN(Cc2nc(NC3=CC=C(C(F)(F)F)CC3)c3ccc(-c4ncccc4C(F)(F)F)cc3n2)C[C@H](C)O1.